The Bertz CT molecular complexity index is 638. The van der Waals surface area contributed by atoms with Crippen LogP contribution in [-0.2, 0) is 0 Å². The van der Waals surface area contributed by atoms with Gasteiger partial charge in [0.15, 0.2) is 0 Å². The Balaban J connectivity index is 1.61. The van der Waals surface area contributed by atoms with Crippen LogP contribution in [0.5, 0.6) is 0 Å². The number of nitrogens with one attached hydrogen (secondary N) is 3. The summed E-state index contributed by atoms with van der Waals surface area (Å²) >= 11 is 0. The molecule has 0 saturated heterocycles. The minimum absolute atomic E-state index is 0.188. The van der Waals surface area contributed by atoms with Gasteiger partial charge in [-0.2, -0.15) is 0 Å². The second kappa shape index (κ2) is 5.83. The zero-order chi connectivity index (χ0) is 14.7. The van der Waals surface area contributed by atoms with Crippen molar-refractivity contribution in [2.24, 2.45) is 0 Å². The van der Waals surface area contributed by atoms with E-state index in [1.165, 1.54) is 6.07 Å². The number of halogens is 1. The first-order chi connectivity index (χ1) is 10.2. The van der Waals surface area contributed by atoms with Crippen LogP contribution < -0.4 is 16.0 Å². The summed E-state index contributed by atoms with van der Waals surface area (Å²) in [6, 6.07) is 13.8. The Morgan fingerprint density at radius 3 is 2.33 bits per heavy atom. The van der Waals surface area contributed by atoms with E-state index in [2.05, 4.69) is 16.0 Å². The molecule has 2 amide bonds. The number of rotatable bonds is 4. The van der Waals surface area contributed by atoms with Crippen LogP contribution in [0.1, 0.15) is 12.8 Å². The molecule has 0 radical (unpaired) electrons. The Morgan fingerprint density at radius 1 is 1.00 bits per heavy atom. The summed E-state index contributed by atoms with van der Waals surface area (Å²) in [6.07, 6.45) is 2.11. The quantitative estimate of drug-likeness (QED) is 0.799. The van der Waals surface area contributed by atoms with Gasteiger partial charge in [-0.15, -0.1) is 0 Å². The van der Waals surface area contributed by atoms with Crippen molar-refractivity contribution in [3.05, 3.63) is 54.3 Å². The molecule has 2 aromatic rings. The van der Waals surface area contributed by atoms with E-state index >= 15 is 0 Å². The SMILES string of the molecule is O=C(Nc1ccc(Nc2ccccc2F)cc1)NC1CC1. The summed E-state index contributed by atoms with van der Waals surface area (Å²) in [5.74, 6) is -0.302. The first-order valence-electron chi connectivity index (χ1n) is 6.90. The Kier molecular flexibility index (Phi) is 3.73. The standard InChI is InChI=1S/C16H16FN3O/c17-14-3-1-2-4-15(14)18-11-5-7-12(8-6-11)19-16(21)20-13-9-10-13/h1-8,13,18H,9-10H2,(H2,19,20,21). The summed E-state index contributed by atoms with van der Waals surface area (Å²) in [4.78, 5) is 11.6. The number of hydrogen-bond acceptors (Lipinski definition) is 2. The zero-order valence-corrected chi connectivity index (χ0v) is 11.4. The molecule has 5 heteroatoms. The fourth-order valence-electron chi connectivity index (χ4n) is 1.94. The average Bonchev–Trinajstić information content (AvgIpc) is 3.27. The van der Waals surface area contributed by atoms with E-state index < -0.39 is 0 Å². The molecule has 1 aliphatic rings. The van der Waals surface area contributed by atoms with Crippen LogP contribution in [0.25, 0.3) is 0 Å². The molecule has 0 heterocycles. The van der Waals surface area contributed by atoms with Gasteiger partial charge in [-0.25, -0.2) is 9.18 Å². The second-order valence-corrected chi connectivity index (χ2v) is 5.05. The summed E-state index contributed by atoms with van der Waals surface area (Å²) in [6.45, 7) is 0. The van der Waals surface area contributed by atoms with Gasteiger partial charge in [-0.05, 0) is 49.2 Å². The lowest BCUT2D eigenvalue weighted by Gasteiger charge is -2.09. The third-order valence-corrected chi connectivity index (χ3v) is 3.21. The number of amides is 2. The lowest BCUT2D eigenvalue weighted by Crippen LogP contribution is -2.30. The lowest BCUT2D eigenvalue weighted by atomic mass is 10.2. The van der Waals surface area contributed by atoms with E-state index in [1.807, 2.05) is 0 Å². The van der Waals surface area contributed by atoms with Gasteiger partial charge in [-0.3, -0.25) is 0 Å². The van der Waals surface area contributed by atoms with Gasteiger partial charge >= 0.3 is 6.03 Å². The van der Waals surface area contributed by atoms with Crippen LogP contribution in [0.4, 0.5) is 26.2 Å². The molecular weight excluding hydrogens is 269 g/mol. The summed E-state index contributed by atoms with van der Waals surface area (Å²) in [5.41, 5.74) is 1.88. The maximum atomic E-state index is 13.5. The predicted octanol–water partition coefficient (Wildman–Crippen LogP) is 3.85. The topological polar surface area (TPSA) is 53.2 Å². The van der Waals surface area contributed by atoms with Crippen LogP contribution in [0.15, 0.2) is 48.5 Å². The van der Waals surface area contributed by atoms with Gasteiger partial charge in [0, 0.05) is 17.4 Å². The fraction of sp³-hybridized carbons (Fsp3) is 0.188. The number of urea groups is 1. The molecular formula is C16H16FN3O. The van der Waals surface area contributed by atoms with E-state index in [4.69, 9.17) is 0 Å². The van der Waals surface area contributed by atoms with Crippen molar-refractivity contribution in [1.82, 2.24) is 5.32 Å². The molecule has 0 aromatic heterocycles. The molecule has 1 aliphatic carbocycles. The highest BCUT2D eigenvalue weighted by molar-refractivity contribution is 5.89. The Hall–Kier alpha value is -2.56. The Labute approximate surface area is 122 Å². The number of hydrogen-bond donors (Lipinski definition) is 3. The summed E-state index contributed by atoms with van der Waals surface area (Å²) < 4.78 is 13.5. The van der Waals surface area contributed by atoms with E-state index in [0.717, 1.165) is 18.5 Å². The minimum atomic E-state index is -0.302. The molecule has 0 bridgehead atoms. The maximum absolute atomic E-state index is 13.5. The molecule has 0 spiro atoms. The zero-order valence-electron chi connectivity index (χ0n) is 11.4. The van der Waals surface area contributed by atoms with Crippen molar-refractivity contribution in [2.75, 3.05) is 10.6 Å². The van der Waals surface area contributed by atoms with Gasteiger partial charge in [0.05, 0.1) is 5.69 Å². The molecule has 3 rings (SSSR count). The van der Waals surface area contributed by atoms with Gasteiger partial charge in [0.25, 0.3) is 0 Å². The molecule has 0 unspecified atom stereocenters. The van der Waals surface area contributed by atoms with Crippen molar-refractivity contribution >= 4 is 23.1 Å². The second-order valence-electron chi connectivity index (χ2n) is 5.05. The first-order valence-corrected chi connectivity index (χ1v) is 6.90. The molecule has 108 valence electrons. The third kappa shape index (κ3) is 3.72. The fourth-order valence-corrected chi connectivity index (χ4v) is 1.94. The summed E-state index contributed by atoms with van der Waals surface area (Å²) in [5, 5.41) is 8.60. The van der Waals surface area contributed by atoms with Gasteiger partial charge < -0.3 is 16.0 Å². The highest BCUT2D eigenvalue weighted by Crippen LogP contribution is 2.22. The molecule has 3 N–H and O–H groups in total. The smallest absolute Gasteiger partial charge is 0.319 e. The van der Waals surface area contributed by atoms with Crippen molar-refractivity contribution < 1.29 is 9.18 Å². The van der Waals surface area contributed by atoms with Crippen molar-refractivity contribution in [3.8, 4) is 0 Å². The van der Waals surface area contributed by atoms with Crippen LogP contribution in [-0.4, -0.2) is 12.1 Å². The van der Waals surface area contributed by atoms with E-state index in [1.54, 1.807) is 42.5 Å². The number of carbonyl (C=O) groups excluding carboxylic acids is 1. The van der Waals surface area contributed by atoms with Crippen molar-refractivity contribution in [2.45, 2.75) is 18.9 Å². The van der Waals surface area contributed by atoms with Gasteiger partial charge in [-0.1, -0.05) is 12.1 Å². The highest BCUT2D eigenvalue weighted by Gasteiger charge is 2.23. The predicted molar refractivity (Wildman–Crippen MR) is 81.3 cm³/mol. The van der Waals surface area contributed by atoms with Gasteiger partial charge in [0.1, 0.15) is 5.82 Å². The van der Waals surface area contributed by atoms with E-state index in [0.29, 0.717) is 17.4 Å². The van der Waals surface area contributed by atoms with Crippen LogP contribution in [0, 0.1) is 5.82 Å². The largest absolute Gasteiger partial charge is 0.353 e. The lowest BCUT2D eigenvalue weighted by molar-refractivity contribution is 0.251. The summed E-state index contributed by atoms with van der Waals surface area (Å²) in [7, 11) is 0. The minimum Gasteiger partial charge on any atom is -0.353 e. The van der Waals surface area contributed by atoms with Crippen molar-refractivity contribution in [3.63, 3.8) is 0 Å². The monoisotopic (exact) mass is 285 g/mol. The molecule has 0 aliphatic heterocycles. The van der Waals surface area contributed by atoms with E-state index in [9.17, 15) is 9.18 Å². The average molecular weight is 285 g/mol. The number of para-hydroxylation sites is 1. The molecule has 21 heavy (non-hydrogen) atoms. The van der Waals surface area contributed by atoms with Crippen molar-refractivity contribution in [1.29, 1.82) is 0 Å². The molecule has 0 atom stereocenters. The van der Waals surface area contributed by atoms with Crippen LogP contribution >= 0.6 is 0 Å². The molecule has 2 aromatic carbocycles. The Morgan fingerprint density at radius 2 is 1.67 bits per heavy atom. The maximum Gasteiger partial charge on any atom is 0.319 e. The number of anilines is 3. The number of benzene rings is 2. The molecule has 1 saturated carbocycles. The highest BCUT2D eigenvalue weighted by atomic mass is 19.1. The van der Waals surface area contributed by atoms with Crippen LogP contribution in [0.2, 0.25) is 0 Å². The normalized spacial score (nSPS) is 13.6. The molecule has 4 nitrogen and oxygen atoms in total. The molecule has 1 fully saturated rings. The third-order valence-electron chi connectivity index (χ3n) is 3.21. The first kappa shape index (κ1) is 13.4. The number of carbonyl (C=O) groups is 1. The van der Waals surface area contributed by atoms with Crippen LogP contribution in [0.3, 0.4) is 0 Å². The van der Waals surface area contributed by atoms with Gasteiger partial charge in [0.2, 0.25) is 0 Å². The van der Waals surface area contributed by atoms with E-state index in [-0.39, 0.29) is 11.8 Å².